The van der Waals surface area contributed by atoms with Crippen LogP contribution in [0.25, 0.3) is 0 Å². The molecule has 1 atom stereocenters. The fourth-order valence-electron chi connectivity index (χ4n) is 2.17. The fourth-order valence-corrected chi connectivity index (χ4v) is 2.17. The zero-order chi connectivity index (χ0) is 12.9. The average molecular weight is 253 g/mol. The minimum Gasteiger partial charge on any atom is -0.378 e. The molecule has 1 N–H and O–H groups in total. The molecular formula is C12H22F3NO. The smallest absolute Gasteiger partial charge is 0.378 e. The Labute approximate surface area is 101 Å². The van der Waals surface area contributed by atoms with E-state index in [1.807, 2.05) is 13.8 Å². The molecule has 0 aromatic carbocycles. The van der Waals surface area contributed by atoms with E-state index in [-0.39, 0.29) is 12.5 Å². The summed E-state index contributed by atoms with van der Waals surface area (Å²) in [4.78, 5) is 0. The minimum atomic E-state index is -4.02. The third-order valence-corrected chi connectivity index (χ3v) is 3.11. The lowest BCUT2D eigenvalue weighted by Gasteiger charge is -2.37. The summed E-state index contributed by atoms with van der Waals surface area (Å²) < 4.78 is 41.3. The third kappa shape index (κ3) is 6.27. The largest absolute Gasteiger partial charge is 0.389 e. The van der Waals surface area contributed by atoms with Crippen LogP contribution in [0, 0.1) is 0 Å². The van der Waals surface area contributed by atoms with E-state index in [1.165, 1.54) is 0 Å². The Morgan fingerprint density at radius 1 is 1.35 bits per heavy atom. The monoisotopic (exact) mass is 253 g/mol. The maximum absolute atomic E-state index is 11.9. The highest BCUT2D eigenvalue weighted by Crippen LogP contribution is 2.25. The first-order valence-electron chi connectivity index (χ1n) is 6.35. The number of alkyl halides is 3. The molecule has 17 heavy (non-hydrogen) atoms. The first kappa shape index (κ1) is 14.8. The molecule has 0 saturated heterocycles. The molecule has 1 unspecified atom stereocenters. The molecule has 0 heterocycles. The predicted octanol–water partition coefficient (Wildman–Crippen LogP) is 3.26. The summed E-state index contributed by atoms with van der Waals surface area (Å²) in [7, 11) is 0. The van der Waals surface area contributed by atoms with Gasteiger partial charge in [-0.15, -0.1) is 0 Å². The average Bonchev–Trinajstić information content (AvgIpc) is 2.12. The first-order chi connectivity index (χ1) is 7.90. The van der Waals surface area contributed by atoms with Gasteiger partial charge in [0.05, 0.1) is 6.10 Å². The molecule has 0 aromatic rings. The van der Waals surface area contributed by atoms with Crippen LogP contribution in [0.1, 0.15) is 46.0 Å². The van der Waals surface area contributed by atoms with E-state index < -0.39 is 12.6 Å². The number of hydrogen-bond acceptors (Lipinski definition) is 2. The van der Waals surface area contributed by atoms with Crippen LogP contribution in [0.2, 0.25) is 0 Å². The van der Waals surface area contributed by atoms with Crippen LogP contribution in [0.15, 0.2) is 0 Å². The first-order valence-corrected chi connectivity index (χ1v) is 6.35. The van der Waals surface area contributed by atoms with Crippen molar-refractivity contribution >= 4 is 0 Å². The fraction of sp³-hybridized carbons (Fsp3) is 1.00. The van der Waals surface area contributed by atoms with Gasteiger partial charge >= 0.3 is 6.18 Å². The van der Waals surface area contributed by atoms with Gasteiger partial charge in [-0.2, -0.15) is 13.2 Å². The normalized spacial score (nSPS) is 26.6. The zero-order valence-electron chi connectivity index (χ0n) is 10.5. The van der Waals surface area contributed by atoms with Gasteiger partial charge < -0.3 is 10.1 Å². The Morgan fingerprint density at radius 2 is 2.00 bits per heavy atom. The van der Waals surface area contributed by atoms with Gasteiger partial charge in [0.15, 0.2) is 0 Å². The lowest BCUT2D eigenvalue weighted by atomic mass is 9.88. The molecule has 0 amide bonds. The van der Waals surface area contributed by atoms with Crippen molar-refractivity contribution in [2.75, 3.05) is 6.61 Å². The summed E-state index contributed by atoms with van der Waals surface area (Å²) in [6, 6.07) is 0.581. The van der Waals surface area contributed by atoms with Gasteiger partial charge in [-0.3, -0.25) is 0 Å². The molecule has 0 radical (unpaired) electrons. The molecule has 0 aliphatic heterocycles. The zero-order valence-corrected chi connectivity index (χ0v) is 10.5. The van der Waals surface area contributed by atoms with Crippen LogP contribution < -0.4 is 5.32 Å². The quantitative estimate of drug-likeness (QED) is 0.752. The second kappa shape index (κ2) is 6.59. The van der Waals surface area contributed by atoms with Gasteiger partial charge in [0, 0.05) is 25.1 Å². The number of hydrogen-bond donors (Lipinski definition) is 1. The van der Waals surface area contributed by atoms with Crippen LogP contribution in [0.3, 0.4) is 0 Å². The van der Waals surface area contributed by atoms with Gasteiger partial charge in [0.2, 0.25) is 0 Å². The van der Waals surface area contributed by atoms with Crippen molar-refractivity contribution < 1.29 is 17.9 Å². The lowest BCUT2D eigenvalue weighted by molar-refractivity contribution is -0.135. The Balaban J connectivity index is 2.01. The molecule has 1 aliphatic carbocycles. The summed E-state index contributed by atoms with van der Waals surface area (Å²) in [5, 5.41) is 3.34. The van der Waals surface area contributed by atoms with E-state index in [1.54, 1.807) is 0 Å². The summed E-state index contributed by atoms with van der Waals surface area (Å²) >= 11 is 0. The second-order valence-electron chi connectivity index (χ2n) is 4.82. The number of rotatable bonds is 7. The minimum absolute atomic E-state index is 0.157. The van der Waals surface area contributed by atoms with Crippen LogP contribution in [0.5, 0.6) is 0 Å². The van der Waals surface area contributed by atoms with Crippen molar-refractivity contribution in [3.63, 3.8) is 0 Å². The van der Waals surface area contributed by atoms with E-state index in [9.17, 15) is 13.2 Å². The number of ether oxygens (including phenoxy) is 1. The molecule has 1 fully saturated rings. The van der Waals surface area contributed by atoms with Gasteiger partial charge in [0.25, 0.3) is 0 Å². The highest BCUT2D eigenvalue weighted by atomic mass is 19.4. The van der Waals surface area contributed by atoms with Crippen molar-refractivity contribution in [3.05, 3.63) is 0 Å². The third-order valence-electron chi connectivity index (χ3n) is 3.11. The van der Waals surface area contributed by atoms with Crippen LogP contribution in [0.4, 0.5) is 13.2 Å². The Morgan fingerprint density at radius 3 is 2.53 bits per heavy atom. The molecule has 1 aliphatic rings. The second-order valence-corrected chi connectivity index (χ2v) is 4.82. The van der Waals surface area contributed by atoms with E-state index in [0.717, 1.165) is 19.4 Å². The van der Waals surface area contributed by atoms with Gasteiger partial charge in [-0.05, 0) is 39.5 Å². The van der Waals surface area contributed by atoms with Crippen molar-refractivity contribution in [2.45, 2.75) is 70.3 Å². The molecule has 5 heteroatoms. The van der Waals surface area contributed by atoms with Crippen LogP contribution in [-0.4, -0.2) is 31.0 Å². The Bertz CT molecular complexity index is 214. The number of halogens is 3. The van der Waals surface area contributed by atoms with Gasteiger partial charge in [-0.25, -0.2) is 0 Å². The molecule has 1 saturated carbocycles. The number of nitrogens with one attached hydrogen (secondary N) is 1. The standard InChI is InChI=1S/C12H22F3NO/c1-3-17-11-7-10(8-11)16-9(2)5-4-6-12(13,14)15/h9-11,16H,3-8H2,1-2H3. The van der Waals surface area contributed by atoms with Gasteiger partial charge in [0.1, 0.15) is 0 Å². The molecule has 102 valence electrons. The SMILES string of the molecule is CCOC1CC(NC(C)CCCC(F)(F)F)C1. The van der Waals surface area contributed by atoms with Crippen molar-refractivity contribution in [3.8, 4) is 0 Å². The molecule has 0 aromatic heterocycles. The van der Waals surface area contributed by atoms with Crippen molar-refractivity contribution in [1.82, 2.24) is 5.32 Å². The summed E-state index contributed by atoms with van der Waals surface area (Å²) in [6.07, 6.45) is -1.59. The predicted molar refractivity (Wildman–Crippen MR) is 60.9 cm³/mol. The van der Waals surface area contributed by atoms with E-state index >= 15 is 0 Å². The lowest BCUT2D eigenvalue weighted by Crippen LogP contribution is -2.48. The molecular weight excluding hydrogens is 231 g/mol. The van der Waals surface area contributed by atoms with Crippen molar-refractivity contribution in [2.24, 2.45) is 0 Å². The molecule has 0 spiro atoms. The van der Waals surface area contributed by atoms with E-state index in [0.29, 0.717) is 18.6 Å². The van der Waals surface area contributed by atoms with E-state index in [2.05, 4.69) is 5.32 Å². The topological polar surface area (TPSA) is 21.3 Å². The van der Waals surface area contributed by atoms with Gasteiger partial charge in [-0.1, -0.05) is 0 Å². The van der Waals surface area contributed by atoms with Crippen LogP contribution >= 0.6 is 0 Å². The molecule has 1 rings (SSSR count). The maximum atomic E-state index is 11.9. The van der Waals surface area contributed by atoms with Crippen LogP contribution in [-0.2, 0) is 4.74 Å². The molecule has 0 bridgehead atoms. The highest BCUT2D eigenvalue weighted by molar-refractivity contribution is 4.87. The summed E-state index contributed by atoms with van der Waals surface area (Å²) in [6.45, 7) is 4.66. The Hall–Kier alpha value is -0.290. The summed E-state index contributed by atoms with van der Waals surface area (Å²) in [5.74, 6) is 0. The highest BCUT2D eigenvalue weighted by Gasteiger charge is 2.30. The van der Waals surface area contributed by atoms with Crippen molar-refractivity contribution in [1.29, 1.82) is 0 Å². The summed E-state index contributed by atoms with van der Waals surface area (Å²) in [5.41, 5.74) is 0. The maximum Gasteiger partial charge on any atom is 0.389 e. The Kier molecular flexibility index (Phi) is 5.73. The molecule has 2 nitrogen and oxygen atoms in total. The van der Waals surface area contributed by atoms with E-state index in [4.69, 9.17) is 4.74 Å².